The summed E-state index contributed by atoms with van der Waals surface area (Å²) in [7, 11) is 0. The number of carbonyl (C=O) groups excluding carboxylic acids is 1. The normalized spacial score (nSPS) is 14.5. The van der Waals surface area contributed by atoms with Crippen molar-refractivity contribution < 1.29 is 20.2 Å². The van der Waals surface area contributed by atoms with E-state index < -0.39 is 11.4 Å². The van der Waals surface area contributed by atoms with E-state index in [0.29, 0.717) is 18.5 Å². The highest BCUT2D eigenvalue weighted by Crippen LogP contribution is 2.31. The van der Waals surface area contributed by atoms with E-state index in [1.165, 1.54) is 5.56 Å². The summed E-state index contributed by atoms with van der Waals surface area (Å²) in [6.45, 7) is 9.43. The van der Waals surface area contributed by atoms with Crippen LogP contribution >= 0.6 is 0 Å². The van der Waals surface area contributed by atoms with E-state index in [1.807, 2.05) is 80.9 Å². The summed E-state index contributed by atoms with van der Waals surface area (Å²) in [4.78, 5) is 38.3. The molecular weight excluding hydrogens is 518 g/mol. The summed E-state index contributed by atoms with van der Waals surface area (Å²) >= 11 is 0. The van der Waals surface area contributed by atoms with Crippen LogP contribution in [0.5, 0.6) is 0 Å². The number of pyridine rings is 2. The molecule has 1 aliphatic heterocycles. The third-order valence-corrected chi connectivity index (χ3v) is 7.73. The Hall–Kier alpha value is -3.92. The smallest absolute Gasteiger partial charge is 0.310 e. The van der Waals surface area contributed by atoms with E-state index in [4.69, 9.17) is 4.98 Å². The van der Waals surface area contributed by atoms with Crippen LogP contribution in [-0.4, -0.2) is 68.4 Å². The van der Waals surface area contributed by atoms with Crippen molar-refractivity contribution in [3.05, 3.63) is 89.5 Å². The molecule has 0 aliphatic carbocycles. The largest absolute Gasteiger partial charge is 0.481 e. The second-order valence-corrected chi connectivity index (χ2v) is 10.4. The average Bonchev–Trinajstić information content (AvgIpc) is 2.97. The van der Waals surface area contributed by atoms with Crippen LogP contribution in [0.15, 0.2) is 67.0 Å². The minimum Gasteiger partial charge on any atom is -0.481 e. The highest BCUT2D eigenvalue weighted by Gasteiger charge is 2.37. The van der Waals surface area contributed by atoms with Crippen LogP contribution in [0.3, 0.4) is 0 Å². The van der Waals surface area contributed by atoms with Gasteiger partial charge in [-0.1, -0.05) is 44.2 Å². The van der Waals surface area contributed by atoms with Crippen LogP contribution in [0, 0.1) is 5.41 Å². The first-order valence-corrected chi connectivity index (χ1v) is 14.0. The molecule has 1 amide bonds. The maximum atomic E-state index is 12.6. The SMILES string of the molecule is CCC(CC)(CC(=O)Nc1cccc(C=Cc2cccc(CN3CCN(Cc4cccnc4)CC3)n2)c1)C(=O)O.O. The zero-order valence-electron chi connectivity index (χ0n) is 23.9. The fourth-order valence-electron chi connectivity index (χ4n) is 5.06. The van der Waals surface area contributed by atoms with Gasteiger partial charge in [0.25, 0.3) is 0 Å². The number of hydrogen-bond donors (Lipinski definition) is 2. The Morgan fingerprint density at radius 2 is 1.66 bits per heavy atom. The van der Waals surface area contributed by atoms with Crippen LogP contribution in [0.1, 0.15) is 55.6 Å². The number of carboxylic acids is 1. The van der Waals surface area contributed by atoms with Crippen molar-refractivity contribution in [2.45, 2.75) is 46.2 Å². The number of benzene rings is 1. The molecule has 3 heterocycles. The van der Waals surface area contributed by atoms with Crippen molar-refractivity contribution in [3.8, 4) is 0 Å². The number of piperazine rings is 1. The Morgan fingerprint density at radius 1 is 0.951 bits per heavy atom. The molecule has 41 heavy (non-hydrogen) atoms. The molecule has 1 aliphatic rings. The van der Waals surface area contributed by atoms with Gasteiger partial charge in [-0.3, -0.25) is 29.4 Å². The van der Waals surface area contributed by atoms with Gasteiger partial charge < -0.3 is 15.9 Å². The topological polar surface area (TPSA) is 130 Å². The average molecular weight is 560 g/mol. The first-order chi connectivity index (χ1) is 19.4. The number of anilines is 1. The highest BCUT2D eigenvalue weighted by molar-refractivity contribution is 5.94. The lowest BCUT2D eigenvalue weighted by Crippen LogP contribution is -2.45. The summed E-state index contributed by atoms with van der Waals surface area (Å²) in [5.74, 6) is -1.22. The van der Waals surface area contributed by atoms with E-state index in [-0.39, 0.29) is 17.8 Å². The third kappa shape index (κ3) is 9.04. The standard InChI is InChI=1S/C32H39N5O3.H2O/c1-3-32(4-2,31(39)40)21-30(38)35-28-11-5-8-25(20-28)13-14-27-10-6-12-29(34-27)24-37-18-16-36(17-19-37)23-26-9-7-15-33-22-26;/h5-15,20,22H,3-4,16-19,21,23-24H2,1-2H3,(H,35,38)(H,39,40);1H2. The van der Waals surface area contributed by atoms with E-state index in [1.54, 1.807) is 0 Å². The first kappa shape index (κ1) is 31.6. The molecule has 9 nitrogen and oxygen atoms in total. The summed E-state index contributed by atoms with van der Waals surface area (Å²) in [6, 6.07) is 17.7. The quantitative estimate of drug-likeness (QED) is 0.337. The first-order valence-electron chi connectivity index (χ1n) is 14.0. The molecule has 1 fully saturated rings. The molecule has 0 atom stereocenters. The summed E-state index contributed by atoms with van der Waals surface area (Å²) < 4.78 is 0. The van der Waals surface area contributed by atoms with Gasteiger partial charge in [-0.15, -0.1) is 0 Å². The molecule has 2 aromatic heterocycles. The number of nitrogens with one attached hydrogen (secondary N) is 1. The van der Waals surface area contributed by atoms with Gasteiger partial charge in [0.05, 0.1) is 16.8 Å². The number of aromatic nitrogens is 2. The second-order valence-electron chi connectivity index (χ2n) is 10.4. The van der Waals surface area contributed by atoms with E-state index in [9.17, 15) is 14.7 Å². The number of carboxylic acid groups (broad SMARTS) is 1. The van der Waals surface area contributed by atoms with Crippen molar-refractivity contribution >= 4 is 29.7 Å². The molecule has 218 valence electrons. The molecular formula is C32H41N5O4. The number of hydrogen-bond acceptors (Lipinski definition) is 6. The molecule has 4 rings (SSSR count). The number of carbonyl (C=O) groups is 2. The number of aliphatic carboxylic acids is 1. The molecule has 0 radical (unpaired) electrons. The second kappa shape index (κ2) is 15.2. The van der Waals surface area contributed by atoms with Gasteiger partial charge in [0, 0.05) is 63.8 Å². The van der Waals surface area contributed by atoms with Gasteiger partial charge in [0.1, 0.15) is 0 Å². The van der Waals surface area contributed by atoms with E-state index >= 15 is 0 Å². The molecule has 0 saturated carbocycles. The van der Waals surface area contributed by atoms with Crippen LogP contribution < -0.4 is 5.32 Å². The monoisotopic (exact) mass is 559 g/mol. The zero-order valence-corrected chi connectivity index (χ0v) is 23.9. The molecule has 1 aromatic carbocycles. The fraction of sp³-hybridized carbons (Fsp3) is 0.375. The van der Waals surface area contributed by atoms with Crippen molar-refractivity contribution in [2.24, 2.45) is 5.41 Å². The summed E-state index contributed by atoms with van der Waals surface area (Å²) in [5.41, 5.74) is 3.69. The van der Waals surface area contributed by atoms with Gasteiger partial charge in [0.15, 0.2) is 0 Å². The maximum Gasteiger partial charge on any atom is 0.310 e. The highest BCUT2D eigenvalue weighted by atomic mass is 16.4. The number of amides is 1. The minimum absolute atomic E-state index is 0. The van der Waals surface area contributed by atoms with Crippen molar-refractivity contribution in [3.63, 3.8) is 0 Å². The van der Waals surface area contributed by atoms with Crippen LogP contribution in [0.4, 0.5) is 5.69 Å². The van der Waals surface area contributed by atoms with E-state index in [0.717, 1.165) is 56.2 Å². The Kier molecular flexibility index (Phi) is 11.7. The predicted molar refractivity (Wildman–Crippen MR) is 162 cm³/mol. The number of rotatable bonds is 12. The van der Waals surface area contributed by atoms with Crippen LogP contribution in [-0.2, 0) is 22.7 Å². The Morgan fingerprint density at radius 3 is 2.32 bits per heavy atom. The van der Waals surface area contributed by atoms with Crippen molar-refractivity contribution in [2.75, 3.05) is 31.5 Å². The van der Waals surface area contributed by atoms with Gasteiger partial charge in [0.2, 0.25) is 5.91 Å². The lowest BCUT2D eigenvalue weighted by molar-refractivity contribution is -0.151. The summed E-state index contributed by atoms with van der Waals surface area (Å²) in [6.07, 6.45) is 8.45. The fourth-order valence-corrected chi connectivity index (χ4v) is 5.06. The molecule has 9 heteroatoms. The van der Waals surface area contributed by atoms with Gasteiger partial charge in [-0.05, 0) is 60.4 Å². The zero-order chi connectivity index (χ0) is 28.4. The molecule has 0 bridgehead atoms. The van der Waals surface area contributed by atoms with E-state index in [2.05, 4.69) is 32.2 Å². The minimum atomic E-state index is -1.04. The van der Waals surface area contributed by atoms with Crippen molar-refractivity contribution in [1.82, 2.24) is 19.8 Å². The molecule has 0 spiro atoms. The lowest BCUT2D eigenvalue weighted by atomic mass is 9.79. The summed E-state index contributed by atoms with van der Waals surface area (Å²) in [5, 5.41) is 12.5. The predicted octanol–water partition coefficient (Wildman–Crippen LogP) is 4.36. The Labute approximate surface area is 242 Å². The third-order valence-electron chi connectivity index (χ3n) is 7.73. The van der Waals surface area contributed by atoms with Gasteiger partial charge in [-0.25, -0.2) is 0 Å². The molecule has 1 saturated heterocycles. The van der Waals surface area contributed by atoms with Gasteiger partial charge >= 0.3 is 5.97 Å². The van der Waals surface area contributed by atoms with Crippen LogP contribution in [0.2, 0.25) is 0 Å². The number of nitrogens with zero attached hydrogens (tertiary/aromatic N) is 4. The Bertz CT molecular complexity index is 1300. The molecule has 4 N–H and O–H groups in total. The Balaban J connectivity index is 0.00000462. The molecule has 0 unspecified atom stereocenters. The van der Waals surface area contributed by atoms with Gasteiger partial charge in [-0.2, -0.15) is 0 Å². The lowest BCUT2D eigenvalue weighted by Gasteiger charge is -2.34. The van der Waals surface area contributed by atoms with Crippen LogP contribution in [0.25, 0.3) is 12.2 Å². The maximum absolute atomic E-state index is 12.6. The van der Waals surface area contributed by atoms with Crippen molar-refractivity contribution in [1.29, 1.82) is 0 Å². The molecule has 3 aromatic rings.